The molecule has 1 aliphatic carbocycles. The number of rotatable bonds is 5. The van der Waals surface area contributed by atoms with Crippen LogP contribution in [0.25, 0.3) is 16.8 Å². The molecule has 0 spiro atoms. The maximum atomic E-state index is 15.2. The van der Waals surface area contributed by atoms with Gasteiger partial charge in [0.2, 0.25) is 5.91 Å². The second-order valence-electron chi connectivity index (χ2n) is 8.82. The first kappa shape index (κ1) is 20.9. The predicted octanol–water partition coefficient (Wildman–Crippen LogP) is 4.13. The van der Waals surface area contributed by atoms with Gasteiger partial charge in [0, 0.05) is 30.5 Å². The van der Waals surface area contributed by atoms with Crippen LogP contribution in [0.2, 0.25) is 5.02 Å². The van der Waals surface area contributed by atoms with E-state index in [1.165, 1.54) is 10.6 Å². The summed E-state index contributed by atoms with van der Waals surface area (Å²) >= 11 is 6.03. The highest BCUT2D eigenvalue weighted by molar-refractivity contribution is 6.30. The standard InChI is InChI=1S/C24H24ClFN4O2/c1-14-10-18(25)5-6-19(14)17-4-7-21(20(26)12-17)30-22(27-28-24(30)32)11-15-8-9-29(13-15)23(31)16-2-3-16/h4-7,10,12,15-16H,2-3,8-9,11,13H2,1H3,(H,28,32)/t15-/m0/s1. The zero-order valence-electron chi connectivity index (χ0n) is 17.8. The minimum atomic E-state index is -0.501. The molecule has 166 valence electrons. The van der Waals surface area contributed by atoms with Crippen LogP contribution in [0.4, 0.5) is 4.39 Å². The summed E-state index contributed by atoms with van der Waals surface area (Å²) in [4.78, 5) is 26.7. The lowest BCUT2D eigenvalue weighted by Crippen LogP contribution is -2.30. The minimum absolute atomic E-state index is 0.165. The van der Waals surface area contributed by atoms with E-state index in [0.29, 0.717) is 29.4 Å². The molecule has 6 nitrogen and oxygen atoms in total. The van der Waals surface area contributed by atoms with E-state index in [9.17, 15) is 9.59 Å². The lowest BCUT2D eigenvalue weighted by molar-refractivity contribution is -0.131. The Morgan fingerprint density at radius 2 is 2.03 bits per heavy atom. The van der Waals surface area contributed by atoms with Crippen molar-refractivity contribution in [1.29, 1.82) is 0 Å². The third-order valence-electron chi connectivity index (χ3n) is 6.43. The van der Waals surface area contributed by atoms with Gasteiger partial charge in [0.15, 0.2) is 0 Å². The topological polar surface area (TPSA) is 71.0 Å². The Hall–Kier alpha value is -2.93. The molecular formula is C24H24ClFN4O2. The second-order valence-corrected chi connectivity index (χ2v) is 9.26. The SMILES string of the molecule is Cc1cc(Cl)ccc1-c1ccc(-n2c(C[C@@H]3CCN(C(=O)C4CC4)C3)n[nH]c2=O)c(F)c1. The van der Waals surface area contributed by atoms with Crippen LogP contribution in [-0.4, -0.2) is 38.7 Å². The molecule has 8 heteroatoms. The number of halogens is 2. The summed E-state index contributed by atoms with van der Waals surface area (Å²) in [6, 6.07) is 10.3. The molecular weight excluding hydrogens is 431 g/mol. The number of nitrogens with zero attached hydrogens (tertiary/aromatic N) is 3. The van der Waals surface area contributed by atoms with Crippen molar-refractivity contribution in [3.8, 4) is 16.8 Å². The van der Waals surface area contributed by atoms with Gasteiger partial charge >= 0.3 is 5.69 Å². The van der Waals surface area contributed by atoms with Crippen molar-refractivity contribution in [2.45, 2.75) is 32.6 Å². The lowest BCUT2D eigenvalue weighted by atomic mass is 10.00. The van der Waals surface area contributed by atoms with Gasteiger partial charge in [0.25, 0.3) is 0 Å². The molecule has 2 heterocycles. The van der Waals surface area contributed by atoms with Crippen LogP contribution in [0.5, 0.6) is 0 Å². The molecule has 1 aromatic heterocycles. The van der Waals surface area contributed by atoms with E-state index in [2.05, 4.69) is 10.2 Å². The number of H-pyrrole nitrogens is 1. The zero-order chi connectivity index (χ0) is 22.4. The second kappa shape index (κ2) is 8.20. The van der Waals surface area contributed by atoms with Crippen LogP contribution in [0, 0.1) is 24.6 Å². The summed E-state index contributed by atoms with van der Waals surface area (Å²) in [6.07, 6.45) is 3.34. The minimum Gasteiger partial charge on any atom is -0.342 e. The quantitative estimate of drug-likeness (QED) is 0.630. The van der Waals surface area contributed by atoms with E-state index < -0.39 is 11.5 Å². The molecule has 2 fully saturated rings. The number of aryl methyl sites for hydroxylation is 1. The Kier molecular flexibility index (Phi) is 5.37. The molecule has 2 aliphatic rings. The van der Waals surface area contributed by atoms with E-state index in [1.807, 2.05) is 24.0 Å². The highest BCUT2D eigenvalue weighted by Crippen LogP contribution is 2.33. The number of benzene rings is 2. The molecule has 0 radical (unpaired) electrons. The van der Waals surface area contributed by atoms with Crippen molar-refractivity contribution in [3.05, 3.63) is 69.1 Å². The maximum Gasteiger partial charge on any atom is 0.348 e. The lowest BCUT2D eigenvalue weighted by Gasteiger charge is -2.16. The Morgan fingerprint density at radius 1 is 1.22 bits per heavy atom. The summed E-state index contributed by atoms with van der Waals surface area (Å²) in [7, 11) is 0. The number of amides is 1. The number of nitrogens with one attached hydrogen (secondary N) is 1. The van der Waals surface area contributed by atoms with Gasteiger partial charge in [-0.15, -0.1) is 0 Å². The monoisotopic (exact) mass is 454 g/mol. The van der Waals surface area contributed by atoms with Gasteiger partial charge in [0.1, 0.15) is 11.6 Å². The van der Waals surface area contributed by atoms with Gasteiger partial charge < -0.3 is 4.90 Å². The number of hydrogen-bond acceptors (Lipinski definition) is 3. The fourth-order valence-electron chi connectivity index (χ4n) is 4.57. The maximum absolute atomic E-state index is 15.2. The van der Waals surface area contributed by atoms with Crippen molar-refractivity contribution < 1.29 is 9.18 Å². The summed E-state index contributed by atoms with van der Waals surface area (Å²) in [5.41, 5.74) is 2.23. The van der Waals surface area contributed by atoms with Crippen LogP contribution in [0.3, 0.4) is 0 Å². The molecule has 1 aliphatic heterocycles. The Morgan fingerprint density at radius 3 is 2.75 bits per heavy atom. The Balaban J connectivity index is 1.39. The van der Waals surface area contributed by atoms with E-state index in [-0.39, 0.29) is 23.4 Å². The van der Waals surface area contributed by atoms with Crippen molar-refractivity contribution in [2.75, 3.05) is 13.1 Å². The van der Waals surface area contributed by atoms with Gasteiger partial charge in [-0.2, -0.15) is 5.10 Å². The average molecular weight is 455 g/mol. The van der Waals surface area contributed by atoms with E-state index in [4.69, 9.17) is 11.6 Å². The van der Waals surface area contributed by atoms with Crippen LogP contribution in [-0.2, 0) is 11.2 Å². The number of aromatic nitrogens is 3. The van der Waals surface area contributed by atoms with Crippen LogP contribution < -0.4 is 5.69 Å². The largest absolute Gasteiger partial charge is 0.348 e. The van der Waals surface area contributed by atoms with Crippen molar-refractivity contribution >= 4 is 17.5 Å². The first-order valence-electron chi connectivity index (χ1n) is 10.9. The molecule has 2 aromatic carbocycles. The van der Waals surface area contributed by atoms with Gasteiger partial charge in [-0.1, -0.05) is 23.7 Å². The molecule has 5 rings (SSSR count). The predicted molar refractivity (Wildman–Crippen MR) is 120 cm³/mol. The highest BCUT2D eigenvalue weighted by atomic mass is 35.5. The van der Waals surface area contributed by atoms with E-state index >= 15 is 4.39 Å². The Labute approximate surface area is 190 Å². The molecule has 0 bridgehead atoms. The van der Waals surface area contributed by atoms with Gasteiger partial charge in [0.05, 0.1) is 5.69 Å². The van der Waals surface area contributed by atoms with Crippen molar-refractivity contribution in [1.82, 2.24) is 19.7 Å². The summed E-state index contributed by atoms with van der Waals surface area (Å²) in [5, 5.41) is 7.24. The smallest absolute Gasteiger partial charge is 0.342 e. The van der Waals surface area contributed by atoms with Crippen molar-refractivity contribution in [3.63, 3.8) is 0 Å². The summed E-state index contributed by atoms with van der Waals surface area (Å²) < 4.78 is 16.5. The number of carbonyl (C=O) groups excluding carboxylic acids is 1. The fourth-order valence-corrected chi connectivity index (χ4v) is 4.79. The highest BCUT2D eigenvalue weighted by Gasteiger charge is 2.37. The van der Waals surface area contributed by atoms with Crippen LogP contribution >= 0.6 is 11.6 Å². The van der Waals surface area contributed by atoms with Crippen LogP contribution in [0.15, 0.2) is 41.2 Å². The molecule has 32 heavy (non-hydrogen) atoms. The molecule has 1 N–H and O–H groups in total. The van der Waals surface area contributed by atoms with Gasteiger partial charge in [-0.3, -0.25) is 4.79 Å². The average Bonchev–Trinajstić information content (AvgIpc) is 3.41. The normalized spacial score (nSPS) is 18.3. The van der Waals surface area contributed by atoms with Crippen LogP contribution in [0.1, 0.15) is 30.7 Å². The van der Waals surface area contributed by atoms with Gasteiger partial charge in [-0.05, 0) is 73.1 Å². The Bertz CT molecular complexity index is 1250. The number of hydrogen-bond donors (Lipinski definition) is 1. The third kappa shape index (κ3) is 3.97. The molecule has 1 saturated heterocycles. The summed E-state index contributed by atoms with van der Waals surface area (Å²) in [5.74, 6) is 0.625. The molecule has 1 amide bonds. The number of carbonyl (C=O) groups is 1. The van der Waals surface area contributed by atoms with Crippen molar-refractivity contribution in [2.24, 2.45) is 11.8 Å². The number of aromatic amines is 1. The van der Waals surface area contributed by atoms with Gasteiger partial charge in [-0.25, -0.2) is 18.9 Å². The molecule has 0 unspecified atom stereocenters. The number of likely N-dealkylation sites (tertiary alicyclic amines) is 1. The molecule has 1 saturated carbocycles. The zero-order valence-corrected chi connectivity index (χ0v) is 18.5. The summed E-state index contributed by atoms with van der Waals surface area (Å²) in [6.45, 7) is 3.32. The fraction of sp³-hybridized carbons (Fsp3) is 0.375. The molecule has 3 aromatic rings. The molecule has 1 atom stereocenters. The van der Waals surface area contributed by atoms with E-state index in [1.54, 1.807) is 18.2 Å². The third-order valence-corrected chi connectivity index (χ3v) is 6.66. The first-order chi connectivity index (χ1) is 15.4. The first-order valence-corrected chi connectivity index (χ1v) is 11.3. The van der Waals surface area contributed by atoms with E-state index in [0.717, 1.165) is 36.9 Å².